The third-order valence-corrected chi connectivity index (χ3v) is 4.24. The molecule has 0 saturated heterocycles. The lowest BCUT2D eigenvalue weighted by molar-refractivity contribution is -0.141. The predicted octanol–water partition coefficient (Wildman–Crippen LogP) is 2.59. The summed E-state index contributed by atoms with van der Waals surface area (Å²) in [6, 6.07) is 13.6. The van der Waals surface area contributed by atoms with Gasteiger partial charge in [0.05, 0.1) is 5.92 Å². The van der Waals surface area contributed by atoms with Crippen molar-refractivity contribution in [3.05, 3.63) is 42.5 Å². The van der Waals surface area contributed by atoms with Crippen LogP contribution in [0.25, 0.3) is 10.8 Å². The van der Waals surface area contributed by atoms with Crippen molar-refractivity contribution in [1.29, 1.82) is 0 Å². The minimum absolute atomic E-state index is 0.0629. The molecular weight excluding hydrogens is 294 g/mol. The number of nitrogens with one attached hydrogen (secondary N) is 1. The van der Waals surface area contributed by atoms with E-state index in [0.29, 0.717) is 25.0 Å². The monoisotopic (exact) mass is 313 g/mol. The smallest absolute Gasteiger partial charge is 0.306 e. The van der Waals surface area contributed by atoms with Gasteiger partial charge in [-0.3, -0.25) is 9.59 Å². The number of hydrogen-bond acceptors (Lipinski definition) is 3. The van der Waals surface area contributed by atoms with Gasteiger partial charge in [0, 0.05) is 6.04 Å². The fourth-order valence-corrected chi connectivity index (χ4v) is 3.01. The topological polar surface area (TPSA) is 75.6 Å². The fraction of sp³-hybridized carbons (Fsp3) is 0.333. The highest BCUT2D eigenvalue weighted by molar-refractivity contribution is 5.84. The summed E-state index contributed by atoms with van der Waals surface area (Å²) in [6.45, 7) is -0.0629. The van der Waals surface area contributed by atoms with Crippen LogP contribution >= 0.6 is 0 Å². The van der Waals surface area contributed by atoms with Crippen LogP contribution in [0, 0.1) is 5.92 Å². The Morgan fingerprint density at radius 3 is 2.65 bits per heavy atom. The summed E-state index contributed by atoms with van der Waals surface area (Å²) < 4.78 is 5.53. The molecule has 1 saturated carbocycles. The number of aliphatic carboxylic acids is 1. The Bertz CT molecular complexity index is 728. The van der Waals surface area contributed by atoms with Crippen LogP contribution in [-0.2, 0) is 9.59 Å². The van der Waals surface area contributed by atoms with Gasteiger partial charge in [0.1, 0.15) is 5.75 Å². The van der Waals surface area contributed by atoms with E-state index >= 15 is 0 Å². The zero-order chi connectivity index (χ0) is 16.2. The molecule has 2 aromatic rings. The molecule has 1 fully saturated rings. The average molecular weight is 313 g/mol. The lowest BCUT2D eigenvalue weighted by atomic mass is 10.1. The summed E-state index contributed by atoms with van der Waals surface area (Å²) in [6.07, 6.45) is 1.82. The molecule has 3 rings (SSSR count). The number of carbonyl (C=O) groups excluding carboxylic acids is 1. The maximum absolute atomic E-state index is 11.9. The molecule has 2 aromatic carbocycles. The van der Waals surface area contributed by atoms with E-state index in [1.54, 1.807) is 0 Å². The molecule has 1 aliphatic carbocycles. The molecule has 0 spiro atoms. The Balaban J connectivity index is 1.51. The van der Waals surface area contributed by atoms with Crippen LogP contribution in [0.3, 0.4) is 0 Å². The number of rotatable bonds is 5. The SMILES string of the molecule is O=C(COc1ccc2ccccc2c1)N[C@@H]1CC[C@H](C(=O)O)C1. The van der Waals surface area contributed by atoms with Crippen molar-refractivity contribution in [2.75, 3.05) is 6.61 Å². The highest BCUT2D eigenvalue weighted by Crippen LogP contribution is 2.25. The number of carbonyl (C=O) groups is 2. The van der Waals surface area contributed by atoms with Gasteiger partial charge >= 0.3 is 5.97 Å². The second kappa shape index (κ2) is 6.69. The summed E-state index contributed by atoms with van der Waals surface area (Å²) in [7, 11) is 0. The van der Waals surface area contributed by atoms with Crippen LogP contribution in [0.1, 0.15) is 19.3 Å². The Hall–Kier alpha value is -2.56. The van der Waals surface area contributed by atoms with Gasteiger partial charge in [-0.2, -0.15) is 0 Å². The molecule has 2 N–H and O–H groups in total. The molecular formula is C18H19NO4. The molecule has 0 radical (unpaired) electrons. The van der Waals surface area contributed by atoms with Crippen molar-refractivity contribution >= 4 is 22.6 Å². The van der Waals surface area contributed by atoms with E-state index in [0.717, 1.165) is 10.8 Å². The minimum atomic E-state index is -0.783. The Labute approximate surface area is 134 Å². The van der Waals surface area contributed by atoms with Gasteiger partial charge in [0.25, 0.3) is 5.91 Å². The zero-order valence-electron chi connectivity index (χ0n) is 12.7. The molecule has 0 bridgehead atoms. The third kappa shape index (κ3) is 3.80. The molecule has 2 atom stereocenters. The zero-order valence-corrected chi connectivity index (χ0v) is 12.7. The molecule has 120 valence electrons. The van der Waals surface area contributed by atoms with E-state index in [2.05, 4.69) is 5.32 Å². The summed E-state index contributed by atoms with van der Waals surface area (Å²) in [5.74, 6) is -0.696. The standard InChI is InChI=1S/C18H19NO4/c20-17(19-15-7-5-14(9-15)18(21)22)11-23-16-8-6-12-3-1-2-4-13(12)10-16/h1-4,6,8,10,14-15H,5,7,9,11H2,(H,19,20)(H,21,22)/t14-,15+/m0/s1. The second-order valence-electron chi connectivity index (χ2n) is 5.91. The van der Waals surface area contributed by atoms with Gasteiger partial charge in [0.2, 0.25) is 0 Å². The van der Waals surface area contributed by atoms with Crippen LogP contribution in [0.4, 0.5) is 0 Å². The summed E-state index contributed by atoms with van der Waals surface area (Å²) in [5.41, 5.74) is 0. The van der Waals surface area contributed by atoms with Gasteiger partial charge < -0.3 is 15.2 Å². The largest absolute Gasteiger partial charge is 0.484 e. The fourth-order valence-electron chi connectivity index (χ4n) is 3.01. The van der Waals surface area contributed by atoms with Gasteiger partial charge in [0.15, 0.2) is 6.61 Å². The quantitative estimate of drug-likeness (QED) is 0.889. The number of fused-ring (bicyclic) bond motifs is 1. The van der Waals surface area contributed by atoms with Crippen molar-refractivity contribution in [2.24, 2.45) is 5.92 Å². The number of ether oxygens (including phenoxy) is 1. The van der Waals surface area contributed by atoms with Gasteiger partial charge in [-0.05, 0) is 42.2 Å². The van der Waals surface area contributed by atoms with Crippen LogP contribution in [-0.4, -0.2) is 29.6 Å². The average Bonchev–Trinajstić information content (AvgIpc) is 3.01. The Kier molecular flexibility index (Phi) is 4.46. The minimum Gasteiger partial charge on any atom is -0.484 e. The van der Waals surface area contributed by atoms with E-state index in [-0.39, 0.29) is 24.5 Å². The number of hydrogen-bond donors (Lipinski definition) is 2. The number of benzene rings is 2. The van der Waals surface area contributed by atoms with E-state index < -0.39 is 5.97 Å². The van der Waals surface area contributed by atoms with E-state index in [9.17, 15) is 9.59 Å². The molecule has 0 unspecified atom stereocenters. The highest BCUT2D eigenvalue weighted by Gasteiger charge is 2.30. The number of carboxylic acid groups (broad SMARTS) is 1. The summed E-state index contributed by atoms with van der Waals surface area (Å²) >= 11 is 0. The van der Waals surface area contributed by atoms with Gasteiger partial charge in [-0.15, -0.1) is 0 Å². The second-order valence-corrected chi connectivity index (χ2v) is 5.91. The van der Waals surface area contributed by atoms with E-state index in [1.807, 2.05) is 42.5 Å². The Morgan fingerprint density at radius 1 is 1.13 bits per heavy atom. The summed E-state index contributed by atoms with van der Waals surface area (Å²) in [5, 5.41) is 14.0. The van der Waals surface area contributed by atoms with Gasteiger partial charge in [-0.25, -0.2) is 0 Å². The normalized spacial score (nSPS) is 20.3. The first-order valence-corrected chi connectivity index (χ1v) is 7.75. The van der Waals surface area contributed by atoms with Crippen molar-refractivity contribution in [3.8, 4) is 5.75 Å². The van der Waals surface area contributed by atoms with E-state index in [4.69, 9.17) is 9.84 Å². The molecule has 5 heteroatoms. The first-order chi connectivity index (χ1) is 11.1. The molecule has 0 aromatic heterocycles. The molecule has 5 nitrogen and oxygen atoms in total. The van der Waals surface area contributed by atoms with Gasteiger partial charge in [-0.1, -0.05) is 30.3 Å². The van der Waals surface area contributed by atoms with Crippen LogP contribution in [0.5, 0.6) is 5.75 Å². The number of amides is 1. The molecule has 23 heavy (non-hydrogen) atoms. The van der Waals surface area contributed by atoms with E-state index in [1.165, 1.54) is 0 Å². The van der Waals surface area contributed by atoms with Crippen LogP contribution in [0.15, 0.2) is 42.5 Å². The lowest BCUT2D eigenvalue weighted by Gasteiger charge is -2.13. The lowest BCUT2D eigenvalue weighted by Crippen LogP contribution is -2.36. The third-order valence-electron chi connectivity index (χ3n) is 4.24. The molecule has 0 aliphatic heterocycles. The molecule has 0 heterocycles. The maximum Gasteiger partial charge on any atom is 0.306 e. The molecule has 1 amide bonds. The van der Waals surface area contributed by atoms with Crippen molar-refractivity contribution in [3.63, 3.8) is 0 Å². The number of carboxylic acids is 1. The maximum atomic E-state index is 11.9. The van der Waals surface area contributed by atoms with Crippen molar-refractivity contribution in [1.82, 2.24) is 5.32 Å². The first-order valence-electron chi connectivity index (χ1n) is 7.75. The van der Waals surface area contributed by atoms with Crippen LogP contribution in [0.2, 0.25) is 0 Å². The van der Waals surface area contributed by atoms with Crippen LogP contribution < -0.4 is 10.1 Å². The molecule has 1 aliphatic rings. The Morgan fingerprint density at radius 2 is 1.91 bits per heavy atom. The highest BCUT2D eigenvalue weighted by atomic mass is 16.5. The summed E-state index contributed by atoms with van der Waals surface area (Å²) in [4.78, 5) is 22.8. The van der Waals surface area contributed by atoms with Crippen molar-refractivity contribution in [2.45, 2.75) is 25.3 Å². The first kappa shape index (κ1) is 15.3. The predicted molar refractivity (Wildman–Crippen MR) is 86.4 cm³/mol. The van der Waals surface area contributed by atoms with Crippen molar-refractivity contribution < 1.29 is 19.4 Å².